The highest BCUT2D eigenvalue weighted by molar-refractivity contribution is 5.94. The summed E-state index contributed by atoms with van der Waals surface area (Å²) in [7, 11) is 0. The lowest BCUT2D eigenvalue weighted by Gasteiger charge is -1.98. The molecule has 1 aromatic carbocycles. The number of aromatic nitrogens is 7. The zero-order chi connectivity index (χ0) is 12.8. The van der Waals surface area contributed by atoms with Crippen LogP contribution in [0.15, 0.2) is 35.1 Å². The van der Waals surface area contributed by atoms with Crippen LogP contribution in [0, 0.1) is 0 Å². The standard InChI is InChI=1S/C11H7N7O/c19-11-12-7-4-2-1-3-6(7)9-5-8(15-18(9)11)10-13-16-17-14-10/h1-5H,(H,12,19)(H,13,14,16,17). The molecule has 0 aliphatic heterocycles. The Morgan fingerprint density at radius 2 is 2.11 bits per heavy atom. The second kappa shape index (κ2) is 3.48. The summed E-state index contributed by atoms with van der Waals surface area (Å²) in [6, 6.07) is 9.30. The first-order chi connectivity index (χ1) is 9.33. The summed E-state index contributed by atoms with van der Waals surface area (Å²) in [5, 5.41) is 18.7. The first-order valence-electron chi connectivity index (χ1n) is 5.57. The quantitative estimate of drug-likeness (QED) is 0.509. The van der Waals surface area contributed by atoms with E-state index >= 15 is 0 Å². The monoisotopic (exact) mass is 253 g/mol. The van der Waals surface area contributed by atoms with Gasteiger partial charge in [-0.15, -0.1) is 10.2 Å². The molecule has 0 saturated heterocycles. The molecule has 0 fully saturated rings. The molecule has 8 heteroatoms. The largest absolute Gasteiger partial charge is 0.347 e. The number of hydrogen-bond acceptors (Lipinski definition) is 5. The molecule has 0 spiro atoms. The van der Waals surface area contributed by atoms with Gasteiger partial charge in [0.2, 0.25) is 5.82 Å². The van der Waals surface area contributed by atoms with Gasteiger partial charge in [-0.2, -0.15) is 14.8 Å². The van der Waals surface area contributed by atoms with Gasteiger partial charge in [0, 0.05) is 5.39 Å². The van der Waals surface area contributed by atoms with Crippen LogP contribution in [-0.4, -0.2) is 35.2 Å². The van der Waals surface area contributed by atoms with Gasteiger partial charge < -0.3 is 4.98 Å². The summed E-state index contributed by atoms with van der Waals surface area (Å²) in [5.41, 5.74) is 1.66. The van der Waals surface area contributed by atoms with E-state index in [2.05, 4.69) is 30.7 Å². The predicted octanol–water partition coefficient (Wildman–Crippen LogP) is 0.356. The molecular weight excluding hydrogens is 246 g/mol. The van der Waals surface area contributed by atoms with E-state index in [1.54, 1.807) is 6.07 Å². The molecule has 4 rings (SSSR count). The highest BCUT2D eigenvalue weighted by atomic mass is 16.1. The van der Waals surface area contributed by atoms with Crippen molar-refractivity contribution in [2.24, 2.45) is 0 Å². The van der Waals surface area contributed by atoms with Crippen molar-refractivity contribution in [2.45, 2.75) is 0 Å². The van der Waals surface area contributed by atoms with E-state index in [1.807, 2.05) is 24.3 Å². The average Bonchev–Trinajstić information content (AvgIpc) is 3.08. The Kier molecular flexibility index (Phi) is 1.82. The molecule has 0 unspecified atom stereocenters. The van der Waals surface area contributed by atoms with Gasteiger partial charge in [0.05, 0.1) is 11.0 Å². The van der Waals surface area contributed by atoms with Crippen LogP contribution in [-0.2, 0) is 0 Å². The van der Waals surface area contributed by atoms with Crippen molar-refractivity contribution in [3.63, 3.8) is 0 Å². The summed E-state index contributed by atoms with van der Waals surface area (Å²) < 4.78 is 1.30. The van der Waals surface area contributed by atoms with Gasteiger partial charge in [0.1, 0.15) is 5.69 Å². The molecule has 0 bridgehead atoms. The molecular formula is C11H7N7O. The summed E-state index contributed by atoms with van der Waals surface area (Å²) in [4.78, 5) is 14.7. The molecule has 3 aromatic heterocycles. The van der Waals surface area contributed by atoms with Crippen LogP contribution in [0.1, 0.15) is 0 Å². The van der Waals surface area contributed by atoms with Crippen LogP contribution < -0.4 is 5.69 Å². The van der Waals surface area contributed by atoms with Gasteiger partial charge in [-0.25, -0.2) is 4.79 Å². The van der Waals surface area contributed by atoms with Gasteiger partial charge in [-0.3, -0.25) is 0 Å². The predicted molar refractivity (Wildman–Crippen MR) is 66.5 cm³/mol. The van der Waals surface area contributed by atoms with Crippen molar-refractivity contribution in [1.29, 1.82) is 0 Å². The number of para-hydroxylation sites is 1. The molecule has 2 N–H and O–H groups in total. The number of nitrogens with zero attached hydrogens (tertiary/aromatic N) is 5. The zero-order valence-corrected chi connectivity index (χ0v) is 9.53. The van der Waals surface area contributed by atoms with Crippen molar-refractivity contribution in [1.82, 2.24) is 35.2 Å². The molecule has 0 aliphatic carbocycles. The molecule has 0 radical (unpaired) electrons. The van der Waals surface area contributed by atoms with Gasteiger partial charge in [0.25, 0.3) is 0 Å². The number of fused-ring (bicyclic) bond motifs is 3. The van der Waals surface area contributed by atoms with E-state index in [9.17, 15) is 4.79 Å². The molecule has 0 aliphatic rings. The third-order valence-electron chi connectivity index (χ3n) is 2.92. The van der Waals surface area contributed by atoms with Gasteiger partial charge >= 0.3 is 5.69 Å². The van der Waals surface area contributed by atoms with Crippen LogP contribution in [0.2, 0.25) is 0 Å². The molecule has 0 amide bonds. The molecule has 8 nitrogen and oxygen atoms in total. The molecule has 92 valence electrons. The second-order valence-electron chi connectivity index (χ2n) is 4.04. The van der Waals surface area contributed by atoms with Crippen molar-refractivity contribution < 1.29 is 0 Å². The Morgan fingerprint density at radius 3 is 2.95 bits per heavy atom. The number of rotatable bonds is 1. The Bertz CT molecular complexity index is 935. The maximum absolute atomic E-state index is 12.0. The fourth-order valence-corrected chi connectivity index (χ4v) is 2.09. The van der Waals surface area contributed by atoms with Crippen LogP contribution in [0.3, 0.4) is 0 Å². The van der Waals surface area contributed by atoms with Crippen LogP contribution in [0.25, 0.3) is 27.9 Å². The Balaban J connectivity index is 2.16. The van der Waals surface area contributed by atoms with Crippen LogP contribution in [0.5, 0.6) is 0 Å². The smallest absolute Gasteiger partial charge is 0.305 e. The van der Waals surface area contributed by atoms with Crippen molar-refractivity contribution >= 4 is 16.4 Å². The maximum Gasteiger partial charge on any atom is 0.347 e. The third kappa shape index (κ3) is 1.36. The minimum Gasteiger partial charge on any atom is -0.305 e. The zero-order valence-electron chi connectivity index (χ0n) is 9.53. The van der Waals surface area contributed by atoms with E-state index in [0.29, 0.717) is 17.0 Å². The van der Waals surface area contributed by atoms with E-state index in [4.69, 9.17) is 0 Å². The van der Waals surface area contributed by atoms with E-state index in [1.165, 1.54) is 4.52 Å². The molecule has 19 heavy (non-hydrogen) atoms. The lowest BCUT2D eigenvalue weighted by Crippen LogP contribution is -2.17. The van der Waals surface area contributed by atoms with Crippen LogP contribution >= 0.6 is 0 Å². The summed E-state index contributed by atoms with van der Waals surface area (Å²) in [5.74, 6) is 0.354. The second-order valence-corrected chi connectivity index (χ2v) is 4.04. The number of nitrogens with one attached hydrogen (secondary N) is 2. The number of hydrogen-bond donors (Lipinski definition) is 2. The van der Waals surface area contributed by atoms with Crippen molar-refractivity contribution in [3.8, 4) is 11.5 Å². The fraction of sp³-hybridized carbons (Fsp3) is 0. The minimum absolute atomic E-state index is 0.302. The molecule has 3 heterocycles. The minimum atomic E-state index is -0.302. The molecule has 0 atom stereocenters. The molecule has 4 aromatic rings. The normalized spacial score (nSPS) is 11.4. The Morgan fingerprint density at radius 1 is 1.21 bits per heavy atom. The van der Waals surface area contributed by atoms with E-state index in [0.717, 1.165) is 10.9 Å². The number of H-pyrrole nitrogens is 2. The number of aromatic amines is 2. The van der Waals surface area contributed by atoms with Gasteiger partial charge in [-0.1, -0.05) is 18.2 Å². The highest BCUT2D eigenvalue weighted by Crippen LogP contribution is 2.20. The van der Waals surface area contributed by atoms with Crippen LogP contribution in [0.4, 0.5) is 0 Å². The Hall–Kier alpha value is -3.03. The highest BCUT2D eigenvalue weighted by Gasteiger charge is 2.12. The third-order valence-corrected chi connectivity index (χ3v) is 2.92. The maximum atomic E-state index is 12.0. The topological polar surface area (TPSA) is 105 Å². The van der Waals surface area contributed by atoms with Gasteiger partial charge in [0.15, 0.2) is 0 Å². The van der Waals surface area contributed by atoms with Gasteiger partial charge in [-0.05, 0) is 17.3 Å². The van der Waals surface area contributed by atoms with E-state index in [-0.39, 0.29) is 5.69 Å². The first-order valence-corrected chi connectivity index (χ1v) is 5.57. The van der Waals surface area contributed by atoms with Crippen molar-refractivity contribution in [2.75, 3.05) is 0 Å². The van der Waals surface area contributed by atoms with Crippen molar-refractivity contribution in [3.05, 3.63) is 40.8 Å². The lowest BCUT2D eigenvalue weighted by atomic mass is 10.2. The summed E-state index contributed by atoms with van der Waals surface area (Å²) in [6.45, 7) is 0. The number of benzene rings is 1. The lowest BCUT2D eigenvalue weighted by molar-refractivity contribution is 0.881. The SMILES string of the molecule is O=c1[nH]c2ccccc2c2cc(-c3nn[nH]n3)nn12. The molecule has 0 saturated carbocycles. The Labute approximate surface area is 105 Å². The fourth-order valence-electron chi connectivity index (χ4n) is 2.09. The van der Waals surface area contributed by atoms with E-state index < -0.39 is 0 Å². The first kappa shape index (κ1) is 9.95. The summed E-state index contributed by atoms with van der Waals surface area (Å²) in [6.07, 6.45) is 0. The number of tetrazole rings is 1. The summed E-state index contributed by atoms with van der Waals surface area (Å²) >= 11 is 0. The average molecular weight is 253 g/mol.